The number of para-hydroxylation sites is 1. The van der Waals surface area contributed by atoms with Gasteiger partial charge < -0.3 is 14.2 Å². The van der Waals surface area contributed by atoms with E-state index in [1.165, 1.54) is 55.0 Å². The summed E-state index contributed by atoms with van der Waals surface area (Å²) in [4.78, 5) is 4.20. The van der Waals surface area contributed by atoms with Gasteiger partial charge in [0, 0.05) is 39.6 Å². The minimum atomic E-state index is -0.134. The molecule has 11 rings (SSSR count). The third-order valence-corrected chi connectivity index (χ3v) is 13.9. The third-order valence-electron chi connectivity index (χ3n) is 13.9. The van der Waals surface area contributed by atoms with Crippen molar-refractivity contribution in [2.75, 3.05) is 4.90 Å². The predicted octanol–water partition coefficient (Wildman–Crippen LogP) is 13.1. The highest BCUT2D eigenvalue weighted by Gasteiger charge is 2.43. The number of benzene rings is 7. The van der Waals surface area contributed by atoms with Crippen molar-refractivity contribution in [3.8, 4) is 22.9 Å². The molecular formula is C58H58BN5O. The van der Waals surface area contributed by atoms with Crippen LogP contribution < -0.4 is 26.0 Å². The second-order valence-corrected chi connectivity index (χ2v) is 22.6. The molecule has 0 saturated carbocycles. The predicted molar refractivity (Wildman–Crippen MR) is 274 cm³/mol. The molecule has 0 atom stereocenters. The summed E-state index contributed by atoms with van der Waals surface area (Å²) in [7, 11) is 0. The molecule has 0 saturated heterocycles. The fraction of sp³-hybridized carbons (Fsp3) is 0.276. The van der Waals surface area contributed by atoms with Crippen LogP contribution in [0.1, 0.15) is 105 Å². The molecule has 9 aromatic rings. The molecule has 0 fully saturated rings. The Morgan fingerprint density at radius 1 is 0.431 bits per heavy atom. The average molecular weight is 852 g/mol. The number of nitrogens with zero attached hydrogens (tertiary/aromatic N) is 5. The summed E-state index contributed by atoms with van der Waals surface area (Å²) in [6.45, 7) is 27.2. The van der Waals surface area contributed by atoms with E-state index in [0.717, 1.165) is 56.4 Å². The van der Waals surface area contributed by atoms with Gasteiger partial charge in [-0.05, 0) is 139 Å². The maximum atomic E-state index is 7.26. The van der Waals surface area contributed by atoms with Crippen molar-refractivity contribution in [2.24, 2.45) is 0 Å². The van der Waals surface area contributed by atoms with Gasteiger partial charge in [0.1, 0.15) is 22.5 Å². The lowest BCUT2D eigenvalue weighted by Crippen LogP contribution is -2.59. The van der Waals surface area contributed by atoms with Crippen LogP contribution in [0, 0.1) is 0 Å². The van der Waals surface area contributed by atoms with Gasteiger partial charge in [0.05, 0.1) is 16.7 Å². The largest absolute Gasteiger partial charge is 0.458 e. The Morgan fingerprint density at radius 3 is 1.57 bits per heavy atom. The van der Waals surface area contributed by atoms with Crippen LogP contribution >= 0.6 is 0 Å². The number of fused-ring (bicyclic) bond motifs is 8. The first-order chi connectivity index (χ1) is 30.7. The molecule has 65 heavy (non-hydrogen) atoms. The van der Waals surface area contributed by atoms with E-state index in [9.17, 15) is 0 Å². The lowest BCUT2D eigenvalue weighted by Gasteiger charge is -2.41. The van der Waals surface area contributed by atoms with Crippen LogP contribution in [0.5, 0.6) is 11.5 Å². The second-order valence-electron chi connectivity index (χ2n) is 22.6. The minimum Gasteiger partial charge on any atom is -0.458 e. The topological polar surface area (TPSA) is 48.1 Å². The van der Waals surface area contributed by atoms with Gasteiger partial charge in [0.25, 0.3) is 6.71 Å². The van der Waals surface area contributed by atoms with Crippen molar-refractivity contribution >= 4 is 73.0 Å². The van der Waals surface area contributed by atoms with Gasteiger partial charge >= 0.3 is 0 Å². The van der Waals surface area contributed by atoms with E-state index in [1.807, 2.05) is 0 Å². The van der Waals surface area contributed by atoms with E-state index in [0.29, 0.717) is 0 Å². The molecule has 0 N–H and O–H groups in total. The molecular weight excluding hydrogens is 793 g/mol. The molecule has 0 spiro atoms. The number of anilines is 3. The van der Waals surface area contributed by atoms with Crippen molar-refractivity contribution < 1.29 is 4.74 Å². The van der Waals surface area contributed by atoms with Crippen molar-refractivity contribution in [2.45, 2.75) is 105 Å². The van der Waals surface area contributed by atoms with Crippen LogP contribution in [0.25, 0.3) is 44.2 Å². The van der Waals surface area contributed by atoms with Gasteiger partial charge in [-0.3, -0.25) is 0 Å². The maximum Gasteiger partial charge on any atom is 0.256 e. The Bertz CT molecular complexity index is 3310. The minimum absolute atomic E-state index is 0.0198. The van der Waals surface area contributed by atoms with Crippen LogP contribution in [0.15, 0.2) is 133 Å². The van der Waals surface area contributed by atoms with Crippen LogP contribution in [0.3, 0.4) is 0 Å². The van der Waals surface area contributed by atoms with Crippen LogP contribution in [-0.4, -0.2) is 26.3 Å². The fourth-order valence-electron chi connectivity index (χ4n) is 10.0. The molecule has 0 radical (unpaired) electrons. The maximum absolute atomic E-state index is 7.26. The quantitative estimate of drug-likeness (QED) is 0.166. The van der Waals surface area contributed by atoms with E-state index < -0.39 is 0 Å². The molecule has 0 aliphatic carbocycles. The zero-order valence-electron chi connectivity index (χ0n) is 39.9. The van der Waals surface area contributed by atoms with Gasteiger partial charge in [0.15, 0.2) is 0 Å². The van der Waals surface area contributed by atoms with E-state index in [4.69, 9.17) is 14.9 Å². The molecule has 2 aliphatic heterocycles. The fourth-order valence-corrected chi connectivity index (χ4v) is 10.0. The smallest absolute Gasteiger partial charge is 0.256 e. The third kappa shape index (κ3) is 6.68. The molecule has 7 aromatic carbocycles. The van der Waals surface area contributed by atoms with Gasteiger partial charge in [-0.1, -0.05) is 132 Å². The first-order valence-corrected chi connectivity index (χ1v) is 23.2. The number of hydrogen-bond acceptors (Lipinski definition) is 4. The van der Waals surface area contributed by atoms with Gasteiger partial charge in [0.2, 0.25) is 0 Å². The number of ether oxygens (including phenoxy) is 1. The summed E-state index contributed by atoms with van der Waals surface area (Å²) in [5.74, 6) is 1.76. The lowest BCUT2D eigenvalue weighted by molar-refractivity contribution is 0.483. The Morgan fingerprint density at radius 2 is 0.985 bits per heavy atom. The Kier molecular flexibility index (Phi) is 8.83. The lowest BCUT2D eigenvalue weighted by atomic mass is 9.34. The molecule has 2 aromatic heterocycles. The van der Waals surface area contributed by atoms with E-state index in [-0.39, 0.29) is 28.4 Å². The summed E-state index contributed by atoms with van der Waals surface area (Å²) in [6, 6.07) is 49.5. The molecule has 7 heteroatoms. The first-order valence-electron chi connectivity index (χ1n) is 23.2. The molecule has 4 heterocycles. The van der Waals surface area contributed by atoms with Gasteiger partial charge in [-0.2, -0.15) is 4.80 Å². The average Bonchev–Trinajstić information content (AvgIpc) is 3.82. The standard InChI is InChI=1S/C58H58BN5O/c1-55(2,3)35-18-22-40(23-19-35)64-60-46-33-45-50(34-47(46)61-64)62(39-16-14-13-15-17-39)51-30-38(58(10,11)12)31-53-54(51)59(45)44-25-24-41(32-52(44)65-53)63-48-26-20-36(56(4,5)6)28-42(48)43-29-37(57(7,8)9)21-27-49(43)63/h13-34H,1-12H3. The molecule has 324 valence electrons. The van der Waals surface area contributed by atoms with Crippen molar-refractivity contribution in [1.29, 1.82) is 0 Å². The van der Waals surface area contributed by atoms with E-state index >= 15 is 0 Å². The number of aromatic nitrogens is 4. The number of hydrogen-bond donors (Lipinski definition) is 0. The Balaban J connectivity index is 1.14. The molecule has 0 amide bonds. The van der Waals surface area contributed by atoms with Crippen molar-refractivity contribution in [1.82, 2.24) is 19.6 Å². The van der Waals surface area contributed by atoms with Crippen LogP contribution in [-0.2, 0) is 21.7 Å². The summed E-state index contributed by atoms with van der Waals surface area (Å²) in [6.07, 6.45) is 0. The van der Waals surface area contributed by atoms with Crippen molar-refractivity contribution in [3.63, 3.8) is 0 Å². The molecule has 6 nitrogen and oxygen atoms in total. The Hall–Kier alpha value is -6.60. The summed E-state index contributed by atoms with van der Waals surface area (Å²) < 4.78 is 9.69. The Labute approximate surface area is 383 Å². The normalized spacial score (nSPS) is 13.9. The first kappa shape index (κ1) is 41.1. The van der Waals surface area contributed by atoms with E-state index in [1.54, 1.807) is 4.80 Å². The van der Waals surface area contributed by atoms with E-state index in [2.05, 4.69) is 226 Å². The number of rotatable bonds is 3. The van der Waals surface area contributed by atoms with Crippen molar-refractivity contribution in [3.05, 3.63) is 156 Å². The monoisotopic (exact) mass is 851 g/mol. The van der Waals surface area contributed by atoms with Crippen LogP contribution in [0.4, 0.5) is 17.1 Å². The van der Waals surface area contributed by atoms with Crippen LogP contribution in [0.2, 0.25) is 0 Å². The summed E-state index contributed by atoms with van der Waals surface area (Å²) in [5, 5.41) is 12.8. The highest BCUT2D eigenvalue weighted by atomic mass is 16.5. The molecule has 0 unspecified atom stereocenters. The van der Waals surface area contributed by atoms with Gasteiger partial charge in [-0.25, -0.2) is 0 Å². The molecule has 2 aliphatic rings. The summed E-state index contributed by atoms with van der Waals surface area (Å²) >= 11 is 0. The highest BCUT2D eigenvalue weighted by Crippen LogP contribution is 2.45. The van der Waals surface area contributed by atoms with Gasteiger partial charge in [-0.15, -0.1) is 10.2 Å². The second kappa shape index (κ2) is 14.0. The SMILES string of the molecule is CC(C)(C)c1ccc(-n2nc3cc4c(cc3n2)N(c2ccccc2)c2cc(C(C)(C)C)cc3c2B4c2ccc(-n4c5ccc(C(C)(C)C)cc5c5cc(C(C)(C)C)ccc54)cc2O3)cc1. The molecule has 0 bridgehead atoms. The zero-order valence-corrected chi connectivity index (χ0v) is 39.9. The zero-order chi connectivity index (χ0) is 45.5. The highest BCUT2D eigenvalue weighted by molar-refractivity contribution is 6.99. The summed E-state index contributed by atoms with van der Waals surface area (Å²) in [5.41, 5.74) is 18.0.